The van der Waals surface area contributed by atoms with Gasteiger partial charge in [0, 0.05) is 32.7 Å². The maximum absolute atomic E-state index is 12.7. The van der Waals surface area contributed by atoms with E-state index in [4.69, 9.17) is 0 Å². The normalized spacial score (nSPS) is 18.1. The molecule has 122 valence electrons. The van der Waals surface area contributed by atoms with Crippen molar-refractivity contribution in [3.63, 3.8) is 0 Å². The van der Waals surface area contributed by atoms with Crippen molar-refractivity contribution in [2.75, 3.05) is 53.4 Å². The molecule has 5 heteroatoms. The van der Waals surface area contributed by atoms with E-state index in [1.807, 2.05) is 25.2 Å². The molecule has 1 fully saturated rings. The van der Waals surface area contributed by atoms with Gasteiger partial charge in [-0.1, -0.05) is 30.3 Å². The summed E-state index contributed by atoms with van der Waals surface area (Å²) in [5.74, 6) is 0.117. The second kappa shape index (κ2) is 8.88. The summed E-state index contributed by atoms with van der Waals surface area (Å²) in [7, 11) is 4.06. The van der Waals surface area contributed by atoms with Gasteiger partial charge < -0.3 is 15.5 Å². The predicted molar refractivity (Wildman–Crippen MR) is 89.8 cm³/mol. The van der Waals surface area contributed by atoms with Gasteiger partial charge in [0.1, 0.15) is 6.04 Å². The van der Waals surface area contributed by atoms with Crippen LogP contribution in [0.2, 0.25) is 0 Å². The first-order chi connectivity index (χ1) is 10.7. The van der Waals surface area contributed by atoms with Crippen molar-refractivity contribution in [3.8, 4) is 0 Å². The summed E-state index contributed by atoms with van der Waals surface area (Å²) < 4.78 is 0. The Balaban J connectivity index is 2.03. The van der Waals surface area contributed by atoms with Crippen molar-refractivity contribution in [1.29, 1.82) is 0 Å². The second-order valence-electron chi connectivity index (χ2n) is 5.90. The fourth-order valence-corrected chi connectivity index (χ4v) is 2.82. The van der Waals surface area contributed by atoms with Crippen LogP contribution in [-0.4, -0.2) is 69.1 Å². The van der Waals surface area contributed by atoms with E-state index in [-0.39, 0.29) is 11.9 Å². The van der Waals surface area contributed by atoms with Crippen LogP contribution in [0.1, 0.15) is 18.0 Å². The average Bonchev–Trinajstić information content (AvgIpc) is 2.55. The maximum Gasteiger partial charge on any atom is 0.241 e. The Kier molecular flexibility index (Phi) is 6.83. The van der Waals surface area contributed by atoms with Crippen LogP contribution in [-0.2, 0) is 4.79 Å². The van der Waals surface area contributed by atoms with Crippen LogP contribution in [0, 0.1) is 0 Å². The SMILES string of the molecule is CNCCCNC(=O)C(c1ccccc1)N1CCN(C)CC1. The molecule has 1 unspecified atom stereocenters. The first kappa shape index (κ1) is 16.9. The van der Waals surface area contributed by atoms with Crippen molar-refractivity contribution in [2.45, 2.75) is 12.5 Å². The smallest absolute Gasteiger partial charge is 0.241 e. The summed E-state index contributed by atoms with van der Waals surface area (Å²) >= 11 is 0. The minimum absolute atomic E-state index is 0.117. The fraction of sp³-hybridized carbons (Fsp3) is 0.588. The fourth-order valence-electron chi connectivity index (χ4n) is 2.82. The maximum atomic E-state index is 12.7. The van der Waals surface area contributed by atoms with Gasteiger partial charge in [-0.25, -0.2) is 0 Å². The number of benzene rings is 1. The zero-order chi connectivity index (χ0) is 15.8. The monoisotopic (exact) mass is 304 g/mol. The molecule has 0 spiro atoms. The lowest BCUT2D eigenvalue weighted by molar-refractivity contribution is -0.127. The summed E-state index contributed by atoms with van der Waals surface area (Å²) in [4.78, 5) is 17.3. The summed E-state index contributed by atoms with van der Waals surface area (Å²) in [5.41, 5.74) is 1.08. The van der Waals surface area contributed by atoms with E-state index in [1.54, 1.807) is 0 Å². The molecule has 22 heavy (non-hydrogen) atoms. The standard InChI is InChI=1S/C17H28N4O/c1-18-9-6-10-19-17(22)16(15-7-4-3-5-8-15)21-13-11-20(2)12-14-21/h3-5,7-8,16,18H,6,9-14H2,1-2H3,(H,19,22). The number of carbonyl (C=O) groups excluding carboxylic acids is 1. The van der Waals surface area contributed by atoms with Crippen LogP contribution in [0.4, 0.5) is 0 Å². The highest BCUT2D eigenvalue weighted by Crippen LogP contribution is 2.22. The van der Waals surface area contributed by atoms with Gasteiger partial charge in [-0.15, -0.1) is 0 Å². The summed E-state index contributed by atoms with van der Waals surface area (Å²) in [6.45, 7) is 5.52. The number of hydrogen-bond donors (Lipinski definition) is 2. The van der Waals surface area contributed by atoms with Gasteiger partial charge in [-0.05, 0) is 32.6 Å². The van der Waals surface area contributed by atoms with Gasteiger partial charge in [0.25, 0.3) is 0 Å². The van der Waals surface area contributed by atoms with Gasteiger partial charge in [0.2, 0.25) is 5.91 Å². The lowest BCUT2D eigenvalue weighted by Crippen LogP contribution is -2.50. The van der Waals surface area contributed by atoms with Crippen molar-refractivity contribution in [2.24, 2.45) is 0 Å². The van der Waals surface area contributed by atoms with Crippen molar-refractivity contribution in [3.05, 3.63) is 35.9 Å². The lowest BCUT2D eigenvalue weighted by Gasteiger charge is -2.37. The zero-order valence-electron chi connectivity index (χ0n) is 13.7. The molecule has 0 bridgehead atoms. The number of carbonyl (C=O) groups is 1. The minimum Gasteiger partial charge on any atom is -0.354 e. The second-order valence-corrected chi connectivity index (χ2v) is 5.90. The molecular weight excluding hydrogens is 276 g/mol. The van der Waals surface area contributed by atoms with E-state index >= 15 is 0 Å². The summed E-state index contributed by atoms with van der Waals surface area (Å²) in [6.07, 6.45) is 0.951. The van der Waals surface area contributed by atoms with Crippen LogP contribution in [0.15, 0.2) is 30.3 Å². The Hall–Kier alpha value is -1.43. The Morgan fingerprint density at radius 1 is 1.14 bits per heavy atom. The van der Waals surface area contributed by atoms with Crippen molar-refractivity contribution in [1.82, 2.24) is 20.4 Å². The number of piperazine rings is 1. The summed E-state index contributed by atoms with van der Waals surface area (Å²) in [6, 6.07) is 9.94. The lowest BCUT2D eigenvalue weighted by atomic mass is 10.0. The molecule has 0 aliphatic carbocycles. The highest BCUT2D eigenvalue weighted by atomic mass is 16.2. The zero-order valence-corrected chi connectivity index (χ0v) is 13.7. The first-order valence-electron chi connectivity index (χ1n) is 8.12. The van der Waals surface area contributed by atoms with E-state index in [2.05, 4.69) is 39.6 Å². The molecule has 1 heterocycles. The van der Waals surface area contributed by atoms with Crippen molar-refractivity contribution >= 4 is 5.91 Å². The quantitative estimate of drug-likeness (QED) is 0.728. The van der Waals surface area contributed by atoms with E-state index in [9.17, 15) is 4.79 Å². The van der Waals surface area contributed by atoms with Crippen LogP contribution in [0.5, 0.6) is 0 Å². The average molecular weight is 304 g/mol. The molecule has 1 aromatic carbocycles. The third-order valence-electron chi connectivity index (χ3n) is 4.17. The molecule has 1 amide bonds. The Labute approximate surface area is 133 Å². The molecule has 1 saturated heterocycles. The topological polar surface area (TPSA) is 47.6 Å². The number of rotatable bonds is 7. The number of likely N-dealkylation sites (N-methyl/N-ethyl adjacent to an activating group) is 1. The summed E-state index contributed by atoms with van der Waals surface area (Å²) in [5, 5.41) is 6.19. The van der Waals surface area contributed by atoms with Gasteiger partial charge in [0.05, 0.1) is 0 Å². The third-order valence-corrected chi connectivity index (χ3v) is 4.17. The highest BCUT2D eigenvalue weighted by molar-refractivity contribution is 5.83. The molecule has 1 atom stereocenters. The van der Waals surface area contributed by atoms with Gasteiger partial charge in [-0.3, -0.25) is 9.69 Å². The molecular formula is C17H28N4O. The van der Waals surface area contributed by atoms with Crippen LogP contribution >= 0.6 is 0 Å². The third kappa shape index (κ3) is 4.80. The van der Waals surface area contributed by atoms with Crippen LogP contribution in [0.25, 0.3) is 0 Å². The largest absolute Gasteiger partial charge is 0.354 e. The van der Waals surface area contributed by atoms with Crippen LogP contribution < -0.4 is 10.6 Å². The Morgan fingerprint density at radius 2 is 1.82 bits per heavy atom. The van der Waals surface area contributed by atoms with E-state index in [0.29, 0.717) is 0 Å². The highest BCUT2D eigenvalue weighted by Gasteiger charge is 2.29. The van der Waals surface area contributed by atoms with E-state index < -0.39 is 0 Å². The predicted octanol–water partition coefficient (Wildman–Crippen LogP) is 0.701. The number of hydrogen-bond acceptors (Lipinski definition) is 4. The molecule has 5 nitrogen and oxygen atoms in total. The minimum atomic E-state index is -0.176. The number of nitrogens with one attached hydrogen (secondary N) is 2. The van der Waals surface area contributed by atoms with E-state index in [1.165, 1.54) is 0 Å². The van der Waals surface area contributed by atoms with Gasteiger partial charge in [0.15, 0.2) is 0 Å². The number of nitrogens with zero attached hydrogens (tertiary/aromatic N) is 2. The molecule has 0 saturated carbocycles. The van der Waals surface area contributed by atoms with Crippen molar-refractivity contribution < 1.29 is 4.79 Å². The van der Waals surface area contributed by atoms with Gasteiger partial charge >= 0.3 is 0 Å². The van der Waals surface area contributed by atoms with Gasteiger partial charge in [-0.2, -0.15) is 0 Å². The first-order valence-corrected chi connectivity index (χ1v) is 8.12. The number of amides is 1. The molecule has 0 aromatic heterocycles. The molecule has 2 N–H and O–H groups in total. The Morgan fingerprint density at radius 3 is 2.45 bits per heavy atom. The molecule has 1 aliphatic heterocycles. The molecule has 1 aromatic rings. The Bertz CT molecular complexity index is 443. The molecule has 1 aliphatic rings. The van der Waals surface area contributed by atoms with Crippen LogP contribution in [0.3, 0.4) is 0 Å². The molecule has 2 rings (SSSR count). The molecule has 0 radical (unpaired) electrons. The van der Waals surface area contributed by atoms with E-state index in [0.717, 1.165) is 51.3 Å².